The van der Waals surface area contributed by atoms with Gasteiger partial charge in [0, 0.05) is 24.8 Å². The average Bonchev–Trinajstić information content (AvgIpc) is 3.18. The van der Waals surface area contributed by atoms with E-state index in [2.05, 4.69) is 15.6 Å². The van der Waals surface area contributed by atoms with E-state index in [-0.39, 0.29) is 5.91 Å². The highest BCUT2D eigenvalue weighted by atomic mass is 16.5. The second kappa shape index (κ2) is 5.63. The predicted octanol–water partition coefficient (Wildman–Crippen LogP) is 0.458. The molecule has 1 aromatic heterocycles. The van der Waals surface area contributed by atoms with Crippen molar-refractivity contribution >= 4 is 5.91 Å². The Morgan fingerprint density at radius 1 is 1.53 bits per heavy atom. The summed E-state index contributed by atoms with van der Waals surface area (Å²) in [6.07, 6.45) is 4.08. The number of pyridine rings is 1. The van der Waals surface area contributed by atoms with Crippen LogP contribution in [0.2, 0.25) is 0 Å². The minimum absolute atomic E-state index is 0.0210. The molecule has 92 valence electrons. The van der Waals surface area contributed by atoms with Gasteiger partial charge in [0.25, 0.3) is 0 Å². The quantitative estimate of drug-likeness (QED) is 0.752. The molecule has 0 aliphatic heterocycles. The van der Waals surface area contributed by atoms with Gasteiger partial charge in [0.1, 0.15) is 0 Å². The third-order valence-corrected chi connectivity index (χ3v) is 2.63. The molecule has 1 fully saturated rings. The van der Waals surface area contributed by atoms with Crippen molar-refractivity contribution < 1.29 is 9.53 Å². The number of carbonyl (C=O) groups is 1. The summed E-state index contributed by atoms with van der Waals surface area (Å²) >= 11 is 0. The smallest absolute Gasteiger partial charge is 0.234 e. The maximum Gasteiger partial charge on any atom is 0.234 e. The Morgan fingerprint density at radius 3 is 2.94 bits per heavy atom. The van der Waals surface area contributed by atoms with Crippen LogP contribution >= 0.6 is 0 Å². The zero-order valence-electron chi connectivity index (χ0n) is 9.90. The minimum Gasteiger partial charge on any atom is -0.481 e. The van der Waals surface area contributed by atoms with Gasteiger partial charge in [-0.3, -0.25) is 4.79 Å². The second-order valence-corrected chi connectivity index (χ2v) is 4.14. The molecule has 1 saturated carbocycles. The van der Waals surface area contributed by atoms with Crippen molar-refractivity contribution in [2.45, 2.75) is 25.4 Å². The van der Waals surface area contributed by atoms with E-state index >= 15 is 0 Å². The number of methoxy groups -OCH3 is 1. The first kappa shape index (κ1) is 11.9. The lowest BCUT2D eigenvalue weighted by molar-refractivity contribution is -0.120. The predicted molar refractivity (Wildman–Crippen MR) is 63.7 cm³/mol. The molecule has 0 bridgehead atoms. The molecular formula is C12H17N3O2. The van der Waals surface area contributed by atoms with E-state index in [1.165, 1.54) is 12.8 Å². The molecule has 0 aromatic carbocycles. The number of amides is 1. The van der Waals surface area contributed by atoms with Crippen LogP contribution in [0.15, 0.2) is 18.3 Å². The Labute approximate surface area is 101 Å². The summed E-state index contributed by atoms with van der Waals surface area (Å²) in [4.78, 5) is 15.5. The zero-order chi connectivity index (χ0) is 12.1. The topological polar surface area (TPSA) is 63.2 Å². The zero-order valence-corrected chi connectivity index (χ0v) is 9.90. The number of ether oxygens (including phenoxy) is 1. The number of carbonyl (C=O) groups excluding carboxylic acids is 1. The summed E-state index contributed by atoms with van der Waals surface area (Å²) in [5, 5.41) is 6.00. The molecule has 5 heteroatoms. The Morgan fingerprint density at radius 2 is 2.35 bits per heavy atom. The fourth-order valence-electron chi connectivity index (χ4n) is 1.42. The highest BCUT2D eigenvalue weighted by Crippen LogP contribution is 2.17. The number of hydrogen-bond acceptors (Lipinski definition) is 4. The second-order valence-electron chi connectivity index (χ2n) is 4.14. The van der Waals surface area contributed by atoms with Gasteiger partial charge in [-0.05, 0) is 18.4 Å². The molecule has 1 aliphatic rings. The summed E-state index contributed by atoms with van der Waals surface area (Å²) in [6.45, 7) is 0.899. The standard InChI is InChI=1S/C12H17N3O2/c1-17-12-5-2-9(7-15-12)6-14-11(16)8-13-10-3-4-10/h2,5,7,10,13H,3-4,6,8H2,1H3,(H,14,16). The summed E-state index contributed by atoms with van der Waals surface area (Å²) in [5.41, 5.74) is 0.963. The van der Waals surface area contributed by atoms with Crippen molar-refractivity contribution in [3.63, 3.8) is 0 Å². The SMILES string of the molecule is COc1ccc(CNC(=O)CNC2CC2)cn1. The van der Waals surface area contributed by atoms with Crippen LogP contribution in [-0.2, 0) is 11.3 Å². The van der Waals surface area contributed by atoms with Crippen molar-refractivity contribution in [3.8, 4) is 5.88 Å². The van der Waals surface area contributed by atoms with Gasteiger partial charge in [-0.15, -0.1) is 0 Å². The summed E-state index contributed by atoms with van der Waals surface area (Å²) in [7, 11) is 1.58. The van der Waals surface area contributed by atoms with E-state index < -0.39 is 0 Å². The van der Waals surface area contributed by atoms with Crippen molar-refractivity contribution in [2.75, 3.05) is 13.7 Å². The number of nitrogens with zero attached hydrogens (tertiary/aromatic N) is 1. The summed E-state index contributed by atoms with van der Waals surface area (Å²) in [5.74, 6) is 0.600. The first-order valence-electron chi connectivity index (χ1n) is 5.77. The third-order valence-electron chi connectivity index (χ3n) is 2.63. The molecule has 0 spiro atoms. The lowest BCUT2D eigenvalue weighted by Gasteiger charge is -2.06. The first-order chi connectivity index (χ1) is 8.28. The highest BCUT2D eigenvalue weighted by Gasteiger charge is 2.20. The average molecular weight is 235 g/mol. The van der Waals surface area contributed by atoms with Crippen LogP contribution in [0.25, 0.3) is 0 Å². The van der Waals surface area contributed by atoms with E-state index in [4.69, 9.17) is 4.74 Å². The van der Waals surface area contributed by atoms with Gasteiger partial charge >= 0.3 is 0 Å². The van der Waals surface area contributed by atoms with Crippen LogP contribution in [-0.4, -0.2) is 30.6 Å². The molecule has 17 heavy (non-hydrogen) atoms. The largest absolute Gasteiger partial charge is 0.481 e. The van der Waals surface area contributed by atoms with Crippen molar-refractivity contribution in [3.05, 3.63) is 23.9 Å². The van der Waals surface area contributed by atoms with Gasteiger partial charge in [-0.25, -0.2) is 4.98 Å². The third kappa shape index (κ3) is 4.03. The fourth-order valence-corrected chi connectivity index (χ4v) is 1.42. The van der Waals surface area contributed by atoms with Crippen molar-refractivity contribution in [1.82, 2.24) is 15.6 Å². The van der Waals surface area contributed by atoms with E-state index in [1.54, 1.807) is 19.4 Å². The van der Waals surface area contributed by atoms with Crippen LogP contribution in [0, 0.1) is 0 Å². The van der Waals surface area contributed by atoms with Crippen LogP contribution in [0.4, 0.5) is 0 Å². The highest BCUT2D eigenvalue weighted by molar-refractivity contribution is 5.78. The molecule has 5 nitrogen and oxygen atoms in total. The molecule has 1 heterocycles. The van der Waals surface area contributed by atoms with Gasteiger partial charge in [-0.1, -0.05) is 6.07 Å². The number of hydrogen-bond donors (Lipinski definition) is 2. The Bertz CT molecular complexity index is 374. The Balaban J connectivity index is 1.70. The lowest BCUT2D eigenvalue weighted by Crippen LogP contribution is -2.34. The van der Waals surface area contributed by atoms with Gasteiger partial charge in [-0.2, -0.15) is 0 Å². The maximum atomic E-state index is 11.5. The molecule has 1 aliphatic carbocycles. The molecule has 1 amide bonds. The van der Waals surface area contributed by atoms with Gasteiger partial charge < -0.3 is 15.4 Å². The molecule has 2 rings (SSSR count). The van der Waals surface area contributed by atoms with Crippen LogP contribution in [0.1, 0.15) is 18.4 Å². The molecule has 0 radical (unpaired) electrons. The Hall–Kier alpha value is -1.62. The molecule has 0 atom stereocenters. The van der Waals surface area contributed by atoms with Gasteiger partial charge in [0.15, 0.2) is 0 Å². The van der Waals surface area contributed by atoms with E-state index in [1.807, 2.05) is 6.07 Å². The van der Waals surface area contributed by atoms with Crippen LogP contribution < -0.4 is 15.4 Å². The molecule has 2 N–H and O–H groups in total. The van der Waals surface area contributed by atoms with Crippen molar-refractivity contribution in [2.24, 2.45) is 0 Å². The molecular weight excluding hydrogens is 218 g/mol. The maximum absolute atomic E-state index is 11.5. The fraction of sp³-hybridized carbons (Fsp3) is 0.500. The first-order valence-corrected chi connectivity index (χ1v) is 5.77. The normalized spacial score (nSPS) is 14.4. The van der Waals surface area contributed by atoms with E-state index in [0.29, 0.717) is 25.0 Å². The number of rotatable bonds is 6. The summed E-state index contributed by atoms with van der Waals surface area (Å²) < 4.78 is 4.96. The molecule has 0 unspecified atom stereocenters. The monoisotopic (exact) mass is 235 g/mol. The molecule has 0 saturated heterocycles. The van der Waals surface area contributed by atoms with E-state index in [0.717, 1.165) is 5.56 Å². The molecule has 1 aromatic rings. The van der Waals surface area contributed by atoms with Gasteiger partial charge in [0.2, 0.25) is 11.8 Å². The number of nitrogens with one attached hydrogen (secondary N) is 2. The van der Waals surface area contributed by atoms with Gasteiger partial charge in [0.05, 0.1) is 13.7 Å². The summed E-state index contributed by atoms with van der Waals surface area (Å²) in [6, 6.07) is 4.23. The van der Waals surface area contributed by atoms with E-state index in [9.17, 15) is 4.79 Å². The minimum atomic E-state index is 0.0210. The van der Waals surface area contributed by atoms with Crippen LogP contribution in [0.3, 0.4) is 0 Å². The lowest BCUT2D eigenvalue weighted by atomic mass is 10.3. The Kier molecular flexibility index (Phi) is 3.93. The van der Waals surface area contributed by atoms with Crippen molar-refractivity contribution in [1.29, 1.82) is 0 Å². The number of aromatic nitrogens is 1. The van der Waals surface area contributed by atoms with Crippen LogP contribution in [0.5, 0.6) is 5.88 Å².